The Hall–Kier alpha value is -0.240. The van der Waals surface area contributed by atoms with Gasteiger partial charge in [0.15, 0.2) is 0 Å². The van der Waals surface area contributed by atoms with Crippen molar-refractivity contribution in [2.75, 3.05) is 19.0 Å². The molecule has 0 spiro atoms. The molecule has 0 aromatic heterocycles. The predicted molar refractivity (Wildman–Crippen MR) is 71.1 cm³/mol. The van der Waals surface area contributed by atoms with Crippen molar-refractivity contribution in [1.82, 2.24) is 4.90 Å². The van der Waals surface area contributed by atoms with E-state index in [1.165, 1.54) is 19.3 Å². The molecule has 0 bridgehead atoms. The van der Waals surface area contributed by atoms with E-state index >= 15 is 0 Å². The summed E-state index contributed by atoms with van der Waals surface area (Å²) in [6, 6.07) is 0. The Bertz CT molecular complexity index is 290. The molecule has 0 aromatic rings. The summed E-state index contributed by atoms with van der Waals surface area (Å²) in [6.45, 7) is 6.31. The van der Waals surface area contributed by atoms with Gasteiger partial charge in [0.25, 0.3) is 0 Å². The summed E-state index contributed by atoms with van der Waals surface area (Å²) in [6.07, 6.45) is 5.78. The van der Waals surface area contributed by atoms with Crippen molar-refractivity contribution >= 4 is 17.5 Å². The van der Waals surface area contributed by atoms with Gasteiger partial charge in [-0.1, -0.05) is 20.3 Å². The molecule has 2 fully saturated rings. The molecule has 1 saturated carbocycles. The Morgan fingerprint density at radius 3 is 2.71 bits per heavy atom. The van der Waals surface area contributed by atoms with Crippen molar-refractivity contribution in [3.63, 3.8) is 0 Å². The third-order valence-electron chi connectivity index (χ3n) is 4.60. The van der Waals surface area contributed by atoms with Gasteiger partial charge >= 0.3 is 0 Å². The Labute approximate surface area is 110 Å². The van der Waals surface area contributed by atoms with Crippen LogP contribution in [0.2, 0.25) is 0 Å². The van der Waals surface area contributed by atoms with Crippen LogP contribution in [-0.2, 0) is 4.79 Å². The van der Waals surface area contributed by atoms with E-state index in [4.69, 9.17) is 11.6 Å². The first-order valence-electron chi connectivity index (χ1n) is 6.89. The second kappa shape index (κ2) is 5.17. The number of halogens is 1. The van der Waals surface area contributed by atoms with E-state index in [2.05, 4.69) is 18.7 Å². The van der Waals surface area contributed by atoms with Crippen LogP contribution in [-0.4, -0.2) is 29.8 Å². The lowest BCUT2D eigenvalue weighted by Crippen LogP contribution is -2.45. The van der Waals surface area contributed by atoms with Crippen LogP contribution in [0.3, 0.4) is 0 Å². The summed E-state index contributed by atoms with van der Waals surface area (Å²) in [4.78, 5) is 14.6. The van der Waals surface area contributed by atoms with E-state index in [0.29, 0.717) is 17.7 Å². The Balaban J connectivity index is 1.99. The molecular formula is C14H24ClNO. The number of alkyl halides is 1. The summed E-state index contributed by atoms with van der Waals surface area (Å²) in [7, 11) is 0. The topological polar surface area (TPSA) is 20.3 Å². The molecule has 3 heteroatoms. The maximum Gasteiger partial charge on any atom is 0.226 e. The minimum Gasteiger partial charge on any atom is -0.342 e. The number of nitrogens with zero attached hydrogens (tertiary/aromatic N) is 1. The van der Waals surface area contributed by atoms with Crippen molar-refractivity contribution in [2.24, 2.45) is 17.3 Å². The van der Waals surface area contributed by atoms with Crippen LogP contribution in [0.25, 0.3) is 0 Å². The summed E-state index contributed by atoms with van der Waals surface area (Å²) in [5.41, 5.74) is 0.199. The maximum atomic E-state index is 12.6. The molecule has 1 aliphatic carbocycles. The van der Waals surface area contributed by atoms with Gasteiger partial charge in [-0.2, -0.15) is 0 Å². The second-order valence-corrected chi connectivity index (χ2v) is 6.69. The van der Waals surface area contributed by atoms with Gasteiger partial charge < -0.3 is 4.90 Å². The molecule has 1 heterocycles. The number of carbonyl (C=O) groups excluding carboxylic acids is 1. The number of hydrogen-bond acceptors (Lipinski definition) is 1. The average Bonchev–Trinajstić information content (AvgIpc) is 2.68. The van der Waals surface area contributed by atoms with Gasteiger partial charge in [0, 0.05) is 24.9 Å². The molecule has 2 aliphatic rings. The lowest BCUT2D eigenvalue weighted by molar-refractivity contribution is -0.140. The molecule has 0 N–H and O–H groups in total. The van der Waals surface area contributed by atoms with Crippen molar-refractivity contribution in [3.8, 4) is 0 Å². The van der Waals surface area contributed by atoms with Crippen molar-refractivity contribution < 1.29 is 4.79 Å². The van der Waals surface area contributed by atoms with E-state index in [9.17, 15) is 4.79 Å². The molecule has 0 aromatic carbocycles. The minimum atomic E-state index is 0.199. The van der Waals surface area contributed by atoms with Gasteiger partial charge in [-0.05, 0) is 37.0 Å². The maximum absolute atomic E-state index is 12.6. The highest BCUT2D eigenvalue weighted by Crippen LogP contribution is 2.43. The monoisotopic (exact) mass is 257 g/mol. The van der Waals surface area contributed by atoms with Crippen LogP contribution in [0, 0.1) is 17.3 Å². The highest BCUT2D eigenvalue weighted by molar-refractivity contribution is 6.18. The Morgan fingerprint density at radius 1 is 1.35 bits per heavy atom. The van der Waals surface area contributed by atoms with E-state index in [-0.39, 0.29) is 11.3 Å². The number of likely N-dealkylation sites (tertiary alicyclic amines) is 1. The molecule has 2 unspecified atom stereocenters. The zero-order valence-corrected chi connectivity index (χ0v) is 11.8. The molecular weight excluding hydrogens is 234 g/mol. The first-order valence-corrected chi connectivity index (χ1v) is 7.43. The number of amides is 1. The van der Waals surface area contributed by atoms with E-state index in [0.717, 1.165) is 25.9 Å². The summed E-state index contributed by atoms with van der Waals surface area (Å²) < 4.78 is 0. The van der Waals surface area contributed by atoms with Gasteiger partial charge in [0.05, 0.1) is 0 Å². The zero-order chi connectivity index (χ0) is 12.5. The predicted octanol–water partition coefficient (Wildman–Crippen LogP) is 3.29. The molecule has 17 heavy (non-hydrogen) atoms. The highest BCUT2D eigenvalue weighted by Gasteiger charge is 2.41. The summed E-state index contributed by atoms with van der Waals surface area (Å²) in [5.74, 6) is 1.84. The molecule has 98 valence electrons. The second-order valence-electron chi connectivity index (χ2n) is 6.38. The van der Waals surface area contributed by atoms with E-state index in [1.807, 2.05) is 0 Å². The fourth-order valence-electron chi connectivity index (χ4n) is 3.40. The standard InChI is InChI=1S/C14H24ClNO/c1-14(2)7-3-6-12(14)13(17)16-8-4-5-11(9-15)10-16/h11-12H,3-10H2,1-2H3. The van der Waals surface area contributed by atoms with E-state index < -0.39 is 0 Å². The molecule has 0 radical (unpaired) electrons. The summed E-state index contributed by atoms with van der Waals surface area (Å²) in [5, 5.41) is 0. The fourth-order valence-corrected chi connectivity index (χ4v) is 3.65. The zero-order valence-electron chi connectivity index (χ0n) is 11.0. The molecule has 2 atom stereocenters. The van der Waals surface area contributed by atoms with Crippen LogP contribution in [0.5, 0.6) is 0 Å². The van der Waals surface area contributed by atoms with Gasteiger partial charge in [-0.3, -0.25) is 4.79 Å². The minimum absolute atomic E-state index is 0.199. The number of rotatable bonds is 2. The van der Waals surface area contributed by atoms with Crippen LogP contribution in [0.1, 0.15) is 46.0 Å². The van der Waals surface area contributed by atoms with E-state index in [1.54, 1.807) is 0 Å². The molecule has 1 aliphatic heterocycles. The van der Waals surface area contributed by atoms with Crippen molar-refractivity contribution in [2.45, 2.75) is 46.0 Å². The quantitative estimate of drug-likeness (QED) is 0.695. The normalized spacial score (nSPS) is 32.8. The third-order valence-corrected chi connectivity index (χ3v) is 5.04. The van der Waals surface area contributed by atoms with Gasteiger partial charge in [0.1, 0.15) is 0 Å². The first kappa shape index (κ1) is 13.2. The fraction of sp³-hybridized carbons (Fsp3) is 0.929. The number of carbonyl (C=O) groups is 1. The SMILES string of the molecule is CC1(C)CCCC1C(=O)N1CCCC(CCl)C1. The molecule has 1 amide bonds. The van der Waals surface area contributed by atoms with Gasteiger partial charge in [-0.15, -0.1) is 11.6 Å². The molecule has 2 rings (SSSR count). The number of hydrogen-bond donors (Lipinski definition) is 0. The van der Waals surface area contributed by atoms with Gasteiger partial charge in [0.2, 0.25) is 5.91 Å². The first-order chi connectivity index (χ1) is 8.04. The highest BCUT2D eigenvalue weighted by atomic mass is 35.5. The van der Waals surface area contributed by atoms with Crippen LogP contribution in [0.4, 0.5) is 0 Å². The van der Waals surface area contributed by atoms with Gasteiger partial charge in [-0.25, -0.2) is 0 Å². The molecule has 2 nitrogen and oxygen atoms in total. The van der Waals surface area contributed by atoms with Crippen molar-refractivity contribution in [3.05, 3.63) is 0 Å². The smallest absolute Gasteiger partial charge is 0.226 e. The lowest BCUT2D eigenvalue weighted by Gasteiger charge is -2.36. The van der Waals surface area contributed by atoms with Crippen molar-refractivity contribution in [1.29, 1.82) is 0 Å². The van der Waals surface area contributed by atoms with Crippen LogP contribution >= 0.6 is 11.6 Å². The summed E-state index contributed by atoms with van der Waals surface area (Å²) >= 11 is 5.93. The average molecular weight is 258 g/mol. The Kier molecular flexibility index (Phi) is 4.02. The Morgan fingerprint density at radius 2 is 2.12 bits per heavy atom. The lowest BCUT2D eigenvalue weighted by atomic mass is 9.80. The third kappa shape index (κ3) is 2.78. The number of piperidine rings is 1. The van der Waals surface area contributed by atoms with Crippen LogP contribution in [0.15, 0.2) is 0 Å². The largest absolute Gasteiger partial charge is 0.342 e. The van der Waals surface area contributed by atoms with Crippen LogP contribution < -0.4 is 0 Å². The molecule has 1 saturated heterocycles.